The number of aromatic nitrogens is 2. The highest BCUT2D eigenvalue weighted by Crippen LogP contribution is 2.39. The molecule has 2 N–H and O–H groups in total. The van der Waals surface area contributed by atoms with Gasteiger partial charge in [0.1, 0.15) is 27.1 Å². The highest BCUT2D eigenvalue weighted by atomic mass is 35.5. The van der Waals surface area contributed by atoms with Gasteiger partial charge < -0.3 is 24.1 Å². The molecule has 4 aromatic carbocycles. The van der Waals surface area contributed by atoms with E-state index >= 15 is 0 Å². The minimum Gasteiger partial charge on any atom is -0.399 e. The van der Waals surface area contributed by atoms with Gasteiger partial charge >= 0.3 is 35.1 Å². The lowest BCUT2D eigenvalue weighted by Gasteiger charge is -2.32. The molecule has 380 valence electrons. The zero-order valence-corrected chi connectivity index (χ0v) is 41.0. The van der Waals surface area contributed by atoms with Gasteiger partial charge in [-0.1, -0.05) is 65.7 Å². The Labute approximate surface area is 415 Å². The van der Waals surface area contributed by atoms with Crippen molar-refractivity contribution < 1.29 is 79.8 Å². The average molecular weight is 1110 g/mol. The molecule has 1 fully saturated rings. The van der Waals surface area contributed by atoms with Crippen molar-refractivity contribution in [2.24, 2.45) is 0 Å². The van der Waals surface area contributed by atoms with Crippen LogP contribution in [0.2, 0.25) is 10.0 Å². The van der Waals surface area contributed by atoms with Gasteiger partial charge in [-0.15, -0.1) is 22.7 Å². The highest BCUT2D eigenvalue weighted by molar-refractivity contribution is 7.88. The number of carbonyl (C=O) groups is 2. The lowest BCUT2D eigenvalue weighted by molar-refractivity contribution is -0.141. The number of nitrogens with zero attached hydrogens (tertiary/aromatic N) is 2. The van der Waals surface area contributed by atoms with E-state index in [0.29, 0.717) is 63.1 Å². The molecule has 3 heterocycles. The normalized spacial score (nSPS) is 14.4. The Kier molecular flexibility index (Phi) is 17.0. The monoisotopic (exact) mass is 1100 g/mol. The van der Waals surface area contributed by atoms with E-state index in [1.165, 1.54) is 38.1 Å². The summed E-state index contributed by atoms with van der Waals surface area (Å²) in [5, 5.41) is 4.68. The fraction of sp³-hybridized carbons (Fsp3) is 0.256. The van der Waals surface area contributed by atoms with Gasteiger partial charge in [0.05, 0.1) is 31.3 Å². The van der Waals surface area contributed by atoms with Crippen molar-refractivity contribution in [2.45, 2.75) is 70.6 Å². The molecule has 2 aromatic heterocycles. The molecule has 0 aliphatic carbocycles. The zero-order chi connectivity index (χ0) is 53.2. The molecule has 0 atom stereocenters. The first-order chi connectivity index (χ1) is 32.6. The molecule has 28 heteroatoms. The topological polar surface area (TPSA) is 146 Å². The van der Waals surface area contributed by atoms with E-state index in [2.05, 4.69) is 24.8 Å². The number of para-hydroxylation sites is 2. The van der Waals surface area contributed by atoms with Gasteiger partial charge in [0.15, 0.2) is 11.4 Å². The number of hydrogen-bond donors (Lipinski definition) is 2. The Morgan fingerprint density at radius 3 is 1.56 bits per heavy atom. The molecular weight excluding hydrogens is 1070 g/mol. The minimum absolute atomic E-state index is 0.105. The summed E-state index contributed by atoms with van der Waals surface area (Å²) >= 11 is 12.4. The number of carbonyl (C=O) groups excluding carboxylic acids is 2. The molecule has 0 spiro atoms. The Morgan fingerprint density at radius 2 is 1.10 bits per heavy atom. The van der Waals surface area contributed by atoms with Crippen LogP contribution in [0.15, 0.2) is 84.9 Å². The van der Waals surface area contributed by atoms with Crippen LogP contribution >= 0.6 is 45.9 Å². The number of nitrogens with one attached hydrogen (secondary N) is 2. The van der Waals surface area contributed by atoms with Gasteiger partial charge in [0.2, 0.25) is 0 Å². The Morgan fingerprint density at radius 1 is 0.662 bits per heavy atom. The van der Waals surface area contributed by atoms with Crippen LogP contribution in [0.5, 0.6) is 5.75 Å². The lowest BCUT2D eigenvalue weighted by atomic mass is 9.78. The number of amides is 2. The van der Waals surface area contributed by atoms with Gasteiger partial charge in [-0.3, -0.25) is 9.59 Å². The van der Waals surface area contributed by atoms with E-state index in [4.69, 9.17) is 32.5 Å². The predicted molar refractivity (Wildman–Crippen MR) is 246 cm³/mol. The van der Waals surface area contributed by atoms with Crippen molar-refractivity contribution in [2.75, 3.05) is 10.6 Å². The van der Waals surface area contributed by atoms with Gasteiger partial charge in [0.25, 0.3) is 11.8 Å². The molecular formula is C43H34BCl2F11N4O7S3. The summed E-state index contributed by atoms with van der Waals surface area (Å²) in [4.78, 5) is 31.0. The van der Waals surface area contributed by atoms with Crippen LogP contribution < -0.4 is 20.3 Å². The summed E-state index contributed by atoms with van der Waals surface area (Å²) in [5.41, 5.74) is -7.01. The maximum Gasteiger partial charge on any atom is 0.534 e. The van der Waals surface area contributed by atoms with Crippen molar-refractivity contribution in [3.05, 3.63) is 138 Å². The number of halogens is 13. The highest BCUT2D eigenvalue weighted by Gasteiger charge is 2.52. The molecule has 7 rings (SSSR count). The third-order valence-electron chi connectivity index (χ3n) is 9.92. The number of thiazole rings is 2. The molecule has 6 aromatic rings. The third-order valence-corrected chi connectivity index (χ3v) is 13.4. The van der Waals surface area contributed by atoms with Gasteiger partial charge in [0, 0.05) is 28.5 Å². The Bertz CT molecular complexity index is 3040. The largest absolute Gasteiger partial charge is 0.534 e. The van der Waals surface area contributed by atoms with Gasteiger partial charge in [-0.25, -0.2) is 18.7 Å². The van der Waals surface area contributed by atoms with Crippen LogP contribution in [0.25, 0.3) is 11.1 Å². The van der Waals surface area contributed by atoms with Crippen molar-refractivity contribution in [1.29, 1.82) is 0 Å². The lowest BCUT2D eigenvalue weighted by Crippen LogP contribution is -2.41. The van der Waals surface area contributed by atoms with Crippen LogP contribution in [0.1, 0.15) is 68.4 Å². The first-order valence-corrected chi connectivity index (χ1v) is 23.6. The molecule has 11 nitrogen and oxygen atoms in total. The molecule has 0 bridgehead atoms. The second-order valence-electron chi connectivity index (χ2n) is 15.6. The predicted octanol–water partition coefficient (Wildman–Crippen LogP) is 12.9. The Balaban J connectivity index is 0.000000206. The summed E-state index contributed by atoms with van der Waals surface area (Å²) in [5.74, 6) is -4.02. The van der Waals surface area contributed by atoms with Crippen molar-refractivity contribution in [3.63, 3.8) is 0 Å². The maximum absolute atomic E-state index is 13.4. The van der Waals surface area contributed by atoms with E-state index in [1.54, 1.807) is 42.5 Å². The number of anilines is 2. The minimum atomic E-state index is -5.76. The number of rotatable bonds is 8. The Hall–Kier alpha value is -5.38. The van der Waals surface area contributed by atoms with Crippen LogP contribution in [-0.4, -0.2) is 54.0 Å². The molecule has 0 radical (unpaired) electrons. The van der Waals surface area contributed by atoms with E-state index < -0.39 is 102 Å². The number of hydrogen-bond acceptors (Lipinski definition) is 11. The molecule has 71 heavy (non-hydrogen) atoms. The number of alkyl halides is 9. The summed E-state index contributed by atoms with van der Waals surface area (Å²) in [6.07, 6.45) is -9.44. The zero-order valence-electron chi connectivity index (χ0n) is 37.1. The molecule has 1 aliphatic rings. The second kappa shape index (κ2) is 21.4. The molecule has 2 amide bonds. The SMILES string of the molecule is Cc1nc(C(F)(F)F)c(C(=O)Nc2ccccc2-c2ccc(F)c(Cl)c2)s1.Cc1nc(C(F)(F)F)c(C(=O)Nc2ccccc2B2OC(C)(C)C(C)(C)O2)s1.O=S(=O)(Oc1ccc(F)c(Cl)c1)C(F)(F)F. The molecule has 0 saturated carbocycles. The summed E-state index contributed by atoms with van der Waals surface area (Å²) in [7, 11) is -6.52. The van der Waals surface area contributed by atoms with Crippen molar-refractivity contribution in [3.8, 4) is 16.9 Å². The summed E-state index contributed by atoms with van der Waals surface area (Å²) < 4.78 is 177. The van der Waals surface area contributed by atoms with E-state index in [-0.39, 0.29) is 20.7 Å². The average Bonchev–Trinajstić information content (AvgIpc) is 3.92. The smallest absolute Gasteiger partial charge is 0.399 e. The molecule has 1 saturated heterocycles. The van der Waals surface area contributed by atoms with E-state index in [1.807, 2.05) is 27.7 Å². The first-order valence-electron chi connectivity index (χ1n) is 19.8. The van der Waals surface area contributed by atoms with Crippen LogP contribution in [0.3, 0.4) is 0 Å². The maximum atomic E-state index is 13.4. The van der Waals surface area contributed by atoms with Gasteiger partial charge in [-0.2, -0.15) is 47.9 Å². The van der Waals surface area contributed by atoms with E-state index in [9.17, 15) is 66.3 Å². The van der Waals surface area contributed by atoms with Crippen LogP contribution in [-0.2, 0) is 31.8 Å². The molecule has 1 aliphatic heterocycles. The fourth-order valence-electron chi connectivity index (χ4n) is 5.90. The van der Waals surface area contributed by atoms with Crippen molar-refractivity contribution in [1.82, 2.24) is 9.97 Å². The quantitative estimate of drug-likeness (QED) is 0.0658. The summed E-state index contributed by atoms with van der Waals surface area (Å²) in [6.45, 7) is 10.4. The third kappa shape index (κ3) is 13.8. The number of aryl methyl sites for hydroxylation is 2. The van der Waals surface area contributed by atoms with Crippen molar-refractivity contribution >= 4 is 91.8 Å². The van der Waals surface area contributed by atoms with Crippen LogP contribution in [0.4, 0.5) is 59.7 Å². The van der Waals surface area contributed by atoms with Gasteiger partial charge in [-0.05, 0) is 83.5 Å². The fourth-order valence-corrected chi connectivity index (χ4v) is 8.37. The standard InChI is InChI=1S/C18H20BF3N2O3S.C18H11ClF4N2OS.C7H3ClF4O3S/c1-10-23-14(18(20,21)22)13(28-10)15(25)24-12-9-7-6-8-11(12)19-26-16(2,3)17(4,5)27-19;1-9-24-16(18(21,22)23)15(27-9)17(26)25-14-5-3-2-4-11(14)10-6-7-13(20)12(19)8-10;8-5-3-4(1-2-6(5)9)15-16(13,14)7(10,11)12/h6-9H,1-5H3,(H,24,25);2-8H,1H3,(H,25,26);1-3H. The number of benzene rings is 4. The van der Waals surface area contributed by atoms with Crippen LogP contribution in [0, 0.1) is 25.5 Å². The second-order valence-corrected chi connectivity index (χ2v) is 20.4. The summed E-state index contributed by atoms with van der Waals surface area (Å²) in [6, 6.07) is 19.2. The molecule has 0 unspecified atom stereocenters. The van der Waals surface area contributed by atoms with E-state index in [0.717, 1.165) is 0 Å². The first kappa shape index (κ1) is 56.5.